The zero-order valence-corrected chi connectivity index (χ0v) is 12.0. The zero-order chi connectivity index (χ0) is 13.5. The van der Waals surface area contributed by atoms with Crippen LogP contribution in [0.15, 0.2) is 12.3 Å². The van der Waals surface area contributed by atoms with Gasteiger partial charge in [0, 0.05) is 25.3 Å². The van der Waals surface area contributed by atoms with E-state index in [1.807, 2.05) is 12.3 Å². The Morgan fingerprint density at radius 1 is 1.26 bits per heavy atom. The lowest BCUT2D eigenvalue weighted by Crippen LogP contribution is -2.24. The van der Waals surface area contributed by atoms with Crippen LogP contribution in [0.3, 0.4) is 0 Å². The summed E-state index contributed by atoms with van der Waals surface area (Å²) in [7, 11) is 4.13. The largest absolute Gasteiger partial charge is 0.369 e. The van der Waals surface area contributed by atoms with Gasteiger partial charge >= 0.3 is 0 Å². The minimum atomic E-state index is 0.547. The molecule has 2 N–H and O–H groups in total. The topological polar surface area (TPSA) is 53.1 Å². The maximum Gasteiger partial charge on any atom is 0.224 e. The smallest absolute Gasteiger partial charge is 0.224 e. The van der Waals surface area contributed by atoms with Gasteiger partial charge in [-0.2, -0.15) is 4.98 Å². The van der Waals surface area contributed by atoms with Crippen LogP contribution in [0.5, 0.6) is 0 Å². The van der Waals surface area contributed by atoms with E-state index >= 15 is 0 Å². The molecule has 0 atom stereocenters. The van der Waals surface area contributed by atoms with Crippen molar-refractivity contribution in [3.63, 3.8) is 0 Å². The van der Waals surface area contributed by atoms with Gasteiger partial charge in [-0.1, -0.05) is 19.3 Å². The van der Waals surface area contributed by atoms with Crippen LogP contribution >= 0.6 is 0 Å². The third-order valence-electron chi connectivity index (χ3n) is 3.46. The number of likely N-dealkylation sites (N-methyl/N-ethyl adjacent to an activating group) is 1. The average Bonchev–Trinajstić information content (AvgIpc) is 2.40. The molecule has 1 aromatic heterocycles. The second kappa shape index (κ2) is 7.28. The number of rotatable bonds is 6. The lowest BCUT2D eigenvalue weighted by Gasteiger charge is -2.22. The van der Waals surface area contributed by atoms with Crippen LogP contribution in [-0.4, -0.2) is 48.1 Å². The van der Waals surface area contributed by atoms with Gasteiger partial charge in [0.1, 0.15) is 5.82 Å². The van der Waals surface area contributed by atoms with Crippen LogP contribution in [0.25, 0.3) is 0 Å². The second-order valence-electron chi connectivity index (χ2n) is 5.47. The number of hydrogen-bond donors (Lipinski definition) is 2. The molecule has 0 aromatic carbocycles. The molecule has 2 rings (SSSR count). The average molecular weight is 263 g/mol. The Hall–Kier alpha value is -1.36. The van der Waals surface area contributed by atoms with Crippen LogP contribution in [0.1, 0.15) is 32.1 Å². The summed E-state index contributed by atoms with van der Waals surface area (Å²) in [5, 5.41) is 6.77. The summed E-state index contributed by atoms with van der Waals surface area (Å²) in [5.74, 6) is 1.65. The molecule has 0 amide bonds. The molecular weight excluding hydrogens is 238 g/mol. The van der Waals surface area contributed by atoms with E-state index in [1.54, 1.807) is 0 Å². The van der Waals surface area contributed by atoms with Gasteiger partial charge in [-0.15, -0.1) is 0 Å². The third kappa shape index (κ3) is 5.03. The highest BCUT2D eigenvalue weighted by Gasteiger charge is 2.13. The SMILES string of the molecule is CN(C)CCNc1ccnc(NC2CCCCC2)n1. The highest BCUT2D eigenvalue weighted by Crippen LogP contribution is 2.20. The van der Waals surface area contributed by atoms with E-state index in [1.165, 1.54) is 32.1 Å². The van der Waals surface area contributed by atoms with Gasteiger partial charge in [0.05, 0.1) is 0 Å². The van der Waals surface area contributed by atoms with Crippen molar-refractivity contribution < 1.29 is 0 Å². The van der Waals surface area contributed by atoms with Crippen LogP contribution in [0, 0.1) is 0 Å². The van der Waals surface area contributed by atoms with Crippen molar-refractivity contribution >= 4 is 11.8 Å². The Bertz CT molecular complexity index is 374. The van der Waals surface area contributed by atoms with Gasteiger partial charge in [0.15, 0.2) is 0 Å². The Balaban J connectivity index is 1.83. The second-order valence-corrected chi connectivity index (χ2v) is 5.47. The summed E-state index contributed by atoms with van der Waals surface area (Å²) in [6.07, 6.45) is 8.29. The molecule has 0 aliphatic heterocycles. The predicted octanol–water partition coefficient (Wildman–Crippen LogP) is 2.19. The van der Waals surface area contributed by atoms with Crippen molar-refractivity contribution in [3.05, 3.63) is 12.3 Å². The first kappa shape index (κ1) is 14.1. The highest BCUT2D eigenvalue weighted by atomic mass is 15.2. The number of hydrogen-bond acceptors (Lipinski definition) is 5. The van der Waals surface area contributed by atoms with E-state index in [2.05, 4.69) is 39.6 Å². The van der Waals surface area contributed by atoms with E-state index in [0.29, 0.717) is 6.04 Å². The molecule has 0 saturated heterocycles. The minimum Gasteiger partial charge on any atom is -0.369 e. The van der Waals surface area contributed by atoms with E-state index in [0.717, 1.165) is 24.9 Å². The molecule has 106 valence electrons. The summed E-state index contributed by atoms with van der Waals surface area (Å²) < 4.78 is 0. The first-order chi connectivity index (χ1) is 9.24. The molecule has 1 aromatic rings. The van der Waals surface area contributed by atoms with Gasteiger partial charge in [-0.05, 0) is 33.0 Å². The monoisotopic (exact) mass is 263 g/mol. The van der Waals surface area contributed by atoms with E-state index in [4.69, 9.17) is 0 Å². The summed E-state index contributed by atoms with van der Waals surface area (Å²) in [4.78, 5) is 11.0. The van der Waals surface area contributed by atoms with Crippen molar-refractivity contribution in [3.8, 4) is 0 Å². The highest BCUT2D eigenvalue weighted by molar-refractivity contribution is 5.39. The fourth-order valence-corrected chi connectivity index (χ4v) is 2.36. The standard InChI is InChI=1S/C14H25N5/c1-19(2)11-10-15-13-8-9-16-14(18-13)17-12-6-4-3-5-7-12/h8-9,12H,3-7,10-11H2,1-2H3,(H2,15,16,17,18). The van der Waals surface area contributed by atoms with Crippen LogP contribution in [0.4, 0.5) is 11.8 Å². The normalized spacial score (nSPS) is 16.6. The minimum absolute atomic E-state index is 0.547. The lowest BCUT2D eigenvalue weighted by molar-refractivity contribution is 0.425. The quantitative estimate of drug-likeness (QED) is 0.824. The van der Waals surface area contributed by atoms with Crippen LogP contribution < -0.4 is 10.6 Å². The first-order valence-electron chi connectivity index (χ1n) is 7.22. The fourth-order valence-electron chi connectivity index (χ4n) is 2.36. The number of nitrogens with one attached hydrogen (secondary N) is 2. The predicted molar refractivity (Wildman–Crippen MR) is 79.6 cm³/mol. The van der Waals surface area contributed by atoms with Crippen molar-refractivity contribution in [2.24, 2.45) is 0 Å². The Kier molecular flexibility index (Phi) is 5.39. The lowest BCUT2D eigenvalue weighted by atomic mass is 9.96. The molecule has 0 radical (unpaired) electrons. The number of anilines is 2. The molecule has 0 unspecified atom stereocenters. The van der Waals surface area contributed by atoms with Crippen molar-refractivity contribution in [1.82, 2.24) is 14.9 Å². The zero-order valence-electron chi connectivity index (χ0n) is 12.0. The molecule has 5 heteroatoms. The summed E-state index contributed by atoms with van der Waals surface area (Å²) in [6.45, 7) is 1.89. The van der Waals surface area contributed by atoms with Crippen LogP contribution in [0.2, 0.25) is 0 Å². The Morgan fingerprint density at radius 3 is 2.79 bits per heavy atom. The molecule has 1 saturated carbocycles. The summed E-state index contributed by atoms with van der Waals surface area (Å²) in [6, 6.07) is 2.47. The molecule has 1 fully saturated rings. The molecule has 0 bridgehead atoms. The summed E-state index contributed by atoms with van der Waals surface area (Å²) >= 11 is 0. The van der Waals surface area contributed by atoms with Crippen molar-refractivity contribution in [2.45, 2.75) is 38.1 Å². The molecule has 19 heavy (non-hydrogen) atoms. The first-order valence-corrected chi connectivity index (χ1v) is 7.22. The maximum atomic E-state index is 4.51. The van der Waals surface area contributed by atoms with Gasteiger partial charge in [-0.3, -0.25) is 0 Å². The van der Waals surface area contributed by atoms with Gasteiger partial charge < -0.3 is 15.5 Å². The van der Waals surface area contributed by atoms with Gasteiger partial charge in [0.25, 0.3) is 0 Å². The third-order valence-corrected chi connectivity index (χ3v) is 3.46. The molecular formula is C14H25N5. The van der Waals surface area contributed by atoms with Crippen molar-refractivity contribution in [2.75, 3.05) is 37.8 Å². The number of nitrogens with zero attached hydrogens (tertiary/aromatic N) is 3. The van der Waals surface area contributed by atoms with Crippen molar-refractivity contribution in [1.29, 1.82) is 0 Å². The maximum absolute atomic E-state index is 4.51. The van der Waals surface area contributed by atoms with Crippen LogP contribution in [-0.2, 0) is 0 Å². The Labute approximate surface area is 115 Å². The molecule has 5 nitrogen and oxygen atoms in total. The Morgan fingerprint density at radius 2 is 2.05 bits per heavy atom. The number of aromatic nitrogens is 2. The van der Waals surface area contributed by atoms with Gasteiger partial charge in [-0.25, -0.2) is 4.98 Å². The van der Waals surface area contributed by atoms with E-state index in [9.17, 15) is 0 Å². The van der Waals surface area contributed by atoms with E-state index < -0.39 is 0 Å². The van der Waals surface area contributed by atoms with E-state index in [-0.39, 0.29) is 0 Å². The fraction of sp³-hybridized carbons (Fsp3) is 0.714. The molecule has 0 spiro atoms. The molecule has 1 aliphatic rings. The molecule has 1 aliphatic carbocycles. The molecule has 1 heterocycles. The van der Waals surface area contributed by atoms with Gasteiger partial charge in [0.2, 0.25) is 5.95 Å². The summed E-state index contributed by atoms with van der Waals surface area (Å²) in [5.41, 5.74) is 0.